The van der Waals surface area contributed by atoms with Crippen molar-refractivity contribution in [3.63, 3.8) is 0 Å². The number of oxazole rings is 1. The maximum Gasteiger partial charge on any atom is 0.226 e. The summed E-state index contributed by atoms with van der Waals surface area (Å²) in [5.74, 6) is -0.0769. The molecule has 0 unspecified atom stereocenters. The maximum atomic E-state index is 12.8. The summed E-state index contributed by atoms with van der Waals surface area (Å²) in [5, 5.41) is 2.74. The van der Waals surface area contributed by atoms with E-state index in [4.69, 9.17) is 10.2 Å². The Morgan fingerprint density at radius 1 is 1.27 bits per heavy atom. The molecule has 1 heterocycles. The summed E-state index contributed by atoms with van der Waals surface area (Å²) in [6, 6.07) is 5.82. The zero-order valence-corrected chi connectivity index (χ0v) is 13.4. The van der Waals surface area contributed by atoms with Gasteiger partial charge in [0.15, 0.2) is 0 Å². The monoisotopic (exact) mass is 349 g/mol. The van der Waals surface area contributed by atoms with E-state index in [0.717, 1.165) is 6.42 Å². The van der Waals surface area contributed by atoms with Crippen LogP contribution in [0.15, 0.2) is 34.9 Å². The van der Waals surface area contributed by atoms with Gasteiger partial charge in [0.05, 0.1) is 12.1 Å². The van der Waals surface area contributed by atoms with Crippen LogP contribution in [0, 0.1) is 5.82 Å². The maximum absolute atomic E-state index is 12.8. The first kappa shape index (κ1) is 20.4. The second-order valence-electron chi connectivity index (χ2n) is 4.32. The first-order valence-corrected chi connectivity index (χ1v) is 6.36. The minimum atomic E-state index is -0.320. The Labute approximate surface area is 140 Å². The number of carbonyl (C=O) groups is 1. The highest BCUT2D eigenvalue weighted by molar-refractivity contribution is 5.85. The van der Waals surface area contributed by atoms with Crippen molar-refractivity contribution in [2.24, 2.45) is 5.73 Å². The number of hydrogen-bond donors (Lipinski definition) is 2. The smallest absolute Gasteiger partial charge is 0.226 e. The first-order valence-electron chi connectivity index (χ1n) is 6.36. The van der Waals surface area contributed by atoms with Gasteiger partial charge in [0.1, 0.15) is 12.1 Å². The molecule has 0 aliphatic heterocycles. The molecule has 0 bridgehead atoms. The average Bonchev–Trinajstić information content (AvgIpc) is 2.88. The van der Waals surface area contributed by atoms with E-state index in [0.29, 0.717) is 30.2 Å². The predicted octanol–water partition coefficient (Wildman–Crippen LogP) is 2.33. The van der Waals surface area contributed by atoms with Gasteiger partial charge in [-0.05, 0) is 37.2 Å². The normalized spacial score (nSPS) is 9.55. The Morgan fingerprint density at radius 3 is 2.59 bits per heavy atom. The van der Waals surface area contributed by atoms with Gasteiger partial charge in [0.2, 0.25) is 11.8 Å². The van der Waals surface area contributed by atoms with E-state index >= 15 is 0 Å². The number of amides is 1. The number of hydrogen-bond acceptors (Lipinski definition) is 4. The number of aromatic nitrogens is 1. The third-order valence-electron chi connectivity index (χ3n) is 2.69. The predicted molar refractivity (Wildman–Crippen MR) is 86.8 cm³/mol. The summed E-state index contributed by atoms with van der Waals surface area (Å²) in [6.45, 7) is 1.09. The molecule has 1 amide bonds. The number of benzene rings is 1. The summed E-state index contributed by atoms with van der Waals surface area (Å²) in [5.41, 5.74) is 6.54. The van der Waals surface area contributed by atoms with E-state index < -0.39 is 0 Å². The number of carbonyl (C=O) groups excluding carboxylic acids is 1. The highest BCUT2D eigenvalue weighted by Crippen LogP contribution is 2.19. The second-order valence-corrected chi connectivity index (χ2v) is 4.32. The molecule has 22 heavy (non-hydrogen) atoms. The zero-order valence-electron chi connectivity index (χ0n) is 11.8. The average molecular weight is 350 g/mol. The lowest BCUT2D eigenvalue weighted by atomic mass is 10.2. The molecule has 0 saturated carbocycles. The number of nitrogens with zero attached hydrogens (tertiary/aromatic N) is 1. The molecule has 0 aliphatic carbocycles. The van der Waals surface area contributed by atoms with Gasteiger partial charge >= 0.3 is 0 Å². The lowest BCUT2D eigenvalue weighted by Crippen LogP contribution is -2.27. The molecule has 122 valence electrons. The Morgan fingerprint density at radius 2 is 1.95 bits per heavy atom. The van der Waals surface area contributed by atoms with Gasteiger partial charge in [-0.15, -0.1) is 24.8 Å². The number of halogens is 3. The van der Waals surface area contributed by atoms with Gasteiger partial charge in [-0.25, -0.2) is 9.37 Å². The molecule has 2 rings (SSSR count). The summed E-state index contributed by atoms with van der Waals surface area (Å²) in [6.07, 6.45) is 2.32. The van der Waals surface area contributed by atoms with Crippen molar-refractivity contribution >= 4 is 30.7 Å². The zero-order chi connectivity index (χ0) is 14.4. The first-order chi connectivity index (χ1) is 9.69. The van der Waals surface area contributed by atoms with Gasteiger partial charge in [-0.2, -0.15) is 0 Å². The molecule has 0 atom stereocenters. The van der Waals surface area contributed by atoms with Crippen LogP contribution >= 0.6 is 24.8 Å². The number of nitrogens with one attached hydrogen (secondary N) is 1. The Hall–Kier alpha value is -1.63. The fourth-order valence-electron chi connectivity index (χ4n) is 1.67. The van der Waals surface area contributed by atoms with E-state index in [-0.39, 0.29) is 43.0 Å². The van der Waals surface area contributed by atoms with Crippen molar-refractivity contribution in [1.82, 2.24) is 10.3 Å². The number of rotatable bonds is 6. The van der Waals surface area contributed by atoms with Gasteiger partial charge < -0.3 is 15.5 Å². The van der Waals surface area contributed by atoms with Crippen LogP contribution in [0.5, 0.6) is 0 Å². The van der Waals surface area contributed by atoms with Crippen LogP contribution in [-0.4, -0.2) is 24.0 Å². The van der Waals surface area contributed by atoms with Crippen LogP contribution in [0.3, 0.4) is 0 Å². The minimum Gasteiger partial charge on any atom is -0.444 e. The molecule has 2 aromatic rings. The fourth-order valence-corrected chi connectivity index (χ4v) is 1.67. The molecule has 0 saturated heterocycles. The molecule has 1 aromatic heterocycles. The highest BCUT2D eigenvalue weighted by Gasteiger charge is 2.10. The second kappa shape index (κ2) is 10.2. The van der Waals surface area contributed by atoms with Gasteiger partial charge in [0.25, 0.3) is 0 Å². The lowest BCUT2D eigenvalue weighted by Gasteiger charge is -2.01. The molecule has 0 fully saturated rings. The van der Waals surface area contributed by atoms with Crippen LogP contribution < -0.4 is 11.1 Å². The van der Waals surface area contributed by atoms with Gasteiger partial charge in [-0.3, -0.25) is 4.79 Å². The van der Waals surface area contributed by atoms with Crippen LogP contribution in [0.1, 0.15) is 12.1 Å². The van der Waals surface area contributed by atoms with E-state index in [9.17, 15) is 9.18 Å². The van der Waals surface area contributed by atoms with Crippen molar-refractivity contribution < 1.29 is 13.6 Å². The summed E-state index contributed by atoms with van der Waals surface area (Å²) in [4.78, 5) is 15.8. The largest absolute Gasteiger partial charge is 0.444 e. The quantitative estimate of drug-likeness (QED) is 0.784. The molecular weight excluding hydrogens is 332 g/mol. The topological polar surface area (TPSA) is 81.1 Å². The van der Waals surface area contributed by atoms with Gasteiger partial charge in [0, 0.05) is 12.1 Å². The molecule has 3 N–H and O–H groups in total. The van der Waals surface area contributed by atoms with Crippen molar-refractivity contribution in [3.05, 3.63) is 42.0 Å². The molecule has 0 radical (unpaired) electrons. The third-order valence-corrected chi connectivity index (χ3v) is 2.69. The van der Waals surface area contributed by atoms with E-state index in [1.807, 2.05) is 0 Å². The Kier molecular flexibility index (Phi) is 9.40. The Balaban J connectivity index is 0.00000220. The van der Waals surface area contributed by atoms with Crippen LogP contribution in [0.4, 0.5) is 4.39 Å². The molecule has 0 spiro atoms. The van der Waals surface area contributed by atoms with E-state index in [1.165, 1.54) is 18.4 Å². The van der Waals surface area contributed by atoms with Crippen molar-refractivity contribution in [3.8, 4) is 11.5 Å². The Bertz CT molecular complexity index is 576. The van der Waals surface area contributed by atoms with Crippen LogP contribution in [0.2, 0.25) is 0 Å². The molecule has 8 heteroatoms. The van der Waals surface area contributed by atoms with Crippen molar-refractivity contribution in [2.45, 2.75) is 12.8 Å². The number of nitrogens with two attached hydrogens (primary N) is 1. The van der Waals surface area contributed by atoms with Gasteiger partial charge in [-0.1, -0.05) is 0 Å². The van der Waals surface area contributed by atoms with Crippen LogP contribution in [0.25, 0.3) is 11.5 Å². The standard InChI is InChI=1S/C14H16FN3O2.2ClH/c15-11-4-2-10(3-5-11)14-18-12(9-20-14)8-13(19)17-7-1-6-16;;/h2-5,9H,1,6-8,16H2,(H,17,19);2*1H. The third kappa shape index (κ3) is 6.01. The SMILES string of the molecule is Cl.Cl.NCCCNC(=O)Cc1coc(-c2ccc(F)cc2)n1. The fraction of sp³-hybridized carbons (Fsp3) is 0.286. The molecule has 5 nitrogen and oxygen atoms in total. The minimum absolute atomic E-state index is 0. The van der Waals surface area contributed by atoms with Crippen molar-refractivity contribution in [2.75, 3.05) is 13.1 Å². The molecule has 0 aliphatic rings. The molecular formula is C14H18Cl2FN3O2. The van der Waals surface area contributed by atoms with E-state index in [2.05, 4.69) is 10.3 Å². The molecule has 1 aromatic carbocycles. The summed E-state index contributed by atoms with van der Waals surface area (Å²) >= 11 is 0. The highest BCUT2D eigenvalue weighted by atomic mass is 35.5. The lowest BCUT2D eigenvalue weighted by molar-refractivity contribution is -0.120. The van der Waals surface area contributed by atoms with Crippen molar-refractivity contribution in [1.29, 1.82) is 0 Å². The van der Waals surface area contributed by atoms with E-state index in [1.54, 1.807) is 12.1 Å². The summed E-state index contributed by atoms with van der Waals surface area (Å²) in [7, 11) is 0. The summed E-state index contributed by atoms with van der Waals surface area (Å²) < 4.78 is 18.1. The van der Waals surface area contributed by atoms with Crippen LogP contribution in [-0.2, 0) is 11.2 Å².